The van der Waals surface area contributed by atoms with Gasteiger partial charge < -0.3 is 0 Å². The van der Waals surface area contributed by atoms with Crippen molar-refractivity contribution in [3.8, 4) is 0 Å². The van der Waals surface area contributed by atoms with E-state index < -0.39 is 32.1 Å². The molecule has 0 aliphatic carbocycles. The first-order valence-corrected chi connectivity index (χ1v) is 12.3. The number of alkyl halides is 1. The molecule has 0 heterocycles. The molecular formula is C20H18FNO4S3. The van der Waals surface area contributed by atoms with Crippen LogP contribution >= 0.6 is 11.8 Å². The number of thioether (sulfide) groups is 1. The summed E-state index contributed by atoms with van der Waals surface area (Å²) >= 11 is 0.757. The number of hydrogen-bond donors (Lipinski definition) is 0. The van der Waals surface area contributed by atoms with Crippen LogP contribution in [-0.4, -0.2) is 32.6 Å². The Labute approximate surface area is 174 Å². The van der Waals surface area contributed by atoms with Gasteiger partial charge >= 0.3 is 0 Å². The number of rotatable bonds is 8. The lowest BCUT2D eigenvalue weighted by Gasteiger charge is -2.23. The molecule has 3 aromatic rings. The summed E-state index contributed by atoms with van der Waals surface area (Å²) in [5.41, 5.74) is -1.80. The van der Waals surface area contributed by atoms with Gasteiger partial charge in [-0.25, -0.2) is 21.2 Å². The number of hydrogen-bond acceptors (Lipinski definition) is 5. The number of sulfonamides is 2. The predicted molar refractivity (Wildman–Crippen MR) is 111 cm³/mol. The number of nitrogens with zero attached hydrogens (tertiary/aromatic N) is 1. The molecule has 1 unspecified atom stereocenters. The first-order chi connectivity index (χ1) is 13.8. The van der Waals surface area contributed by atoms with Gasteiger partial charge in [0.05, 0.1) is 16.3 Å². The van der Waals surface area contributed by atoms with E-state index in [2.05, 4.69) is 0 Å². The van der Waals surface area contributed by atoms with Crippen molar-refractivity contribution in [1.82, 2.24) is 3.71 Å². The average Bonchev–Trinajstić information content (AvgIpc) is 2.74. The predicted octanol–water partition coefficient (Wildman–Crippen LogP) is 4.15. The summed E-state index contributed by atoms with van der Waals surface area (Å²) in [4.78, 5) is 0.113. The Morgan fingerprint density at radius 1 is 0.690 bits per heavy atom. The van der Waals surface area contributed by atoms with E-state index in [9.17, 15) is 21.2 Å². The molecule has 0 bridgehead atoms. The topological polar surface area (TPSA) is 71.5 Å². The van der Waals surface area contributed by atoms with Crippen LogP contribution in [0.5, 0.6) is 0 Å². The van der Waals surface area contributed by atoms with Crippen molar-refractivity contribution in [2.75, 3.05) is 6.54 Å². The highest BCUT2D eigenvalue weighted by molar-refractivity contribution is 8.04. The molecule has 5 nitrogen and oxygen atoms in total. The van der Waals surface area contributed by atoms with Crippen LogP contribution in [0, 0.1) is 0 Å². The largest absolute Gasteiger partial charge is 0.256 e. The Hall–Kier alpha value is -2.20. The molecule has 0 spiro atoms. The standard InChI is InChI=1S/C20H18FNO4S3/c21-20(27-17-10-4-1-5-11-17)16-22(28(23,24)18-12-6-2-7-13-18)29(25,26)19-14-8-3-9-15-19/h1-15,20H,16H2. The molecule has 1 atom stereocenters. The van der Waals surface area contributed by atoms with Gasteiger partial charge in [0.2, 0.25) is 0 Å². The van der Waals surface area contributed by atoms with E-state index >= 15 is 0 Å². The molecule has 0 saturated carbocycles. The van der Waals surface area contributed by atoms with E-state index in [1.807, 2.05) is 0 Å². The SMILES string of the molecule is O=S(=O)(c1ccccc1)N(CC(F)Sc1ccccc1)S(=O)(=O)c1ccccc1. The summed E-state index contributed by atoms with van der Waals surface area (Å²) in [5.74, 6) is 0. The zero-order valence-electron chi connectivity index (χ0n) is 15.1. The molecule has 9 heteroatoms. The second kappa shape index (κ2) is 9.08. The molecule has 0 aliphatic heterocycles. The highest BCUT2D eigenvalue weighted by atomic mass is 32.3. The maximum Gasteiger partial charge on any atom is 0.256 e. The number of benzene rings is 3. The zero-order valence-corrected chi connectivity index (χ0v) is 17.6. The van der Waals surface area contributed by atoms with Crippen LogP contribution in [0.25, 0.3) is 0 Å². The van der Waals surface area contributed by atoms with Crippen molar-refractivity contribution >= 4 is 31.8 Å². The normalized spacial score (nSPS) is 13.3. The van der Waals surface area contributed by atoms with E-state index in [0.717, 1.165) is 11.8 Å². The van der Waals surface area contributed by atoms with Crippen molar-refractivity contribution in [3.05, 3.63) is 91.0 Å². The van der Waals surface area contributed by atoms with Crippen LogP contribution in [0.4, 0.5) is 4.39 Å². The van der Waals surface area contributed by atoms with Gasteiger partial charge in [0.15, 0.2) is 5.50 Å². The molecule has 0 aliphatic rings. The van der Waals surface area contributed by atoms with E-state index in [1.165, 1.54) is 48.5 Å². The van der Waals surface area contributed by atoms with E-state index in [-0.39, 0.29) is 13.5 Å². The molecule has 0 amide bonds. The maximum absolute atomic E-state index is 14.8. The molecule has 152 valence electrons. The highest BCUT2D eigenvalue weighted by Crippen LogP contribution is 2.30. The summed E-state index contributed by atoms with van der Waals surface area (Å²) in [6, 6.07) is 22.8. The second-order valence-corrected chi connectivity index (χ2v) is 11.1. The van der Waals surface area contributed by atoms with Crippen molar-refractivity contribution in [2.24, 2.45) is 0 Å². The van der Waals surface area contributed by atoms with Crippen LogP contribution in [0.2, 0.25) is 0 Å². The third kappa shape index (κ3) is 5.05. The van der Waals surface area contributed by atoms with E-state index in [0.29, 0.717) is 4.90 Å². The molecule has 0 saturated heterocycles. The van der Waals surface area contributed by atoms with Gasteiger partial charge in [-0.05, 0) is 36.4 Å². The van der Waals surface area contributed by atoms with Crippen molar-refractivity contribution in [1.29, 1.82) is 0 Å². The fraction of sp³-hybridized carbons (Fsp3) is 0.100. The quantitative estimate of drug-likeness (QED) is 0.481. The lowest BCUT2D eigenvalue weighted by molar-refractivity contribution is 0.394. The maximum atomic E-state index is 14.8. The van der Waals surface area contributed by atoms with Gasteiger partial charge in [0.1, 0.15) is 0 Å². The van der Waals surface area contributed by atoms with Crippen LogP contribution < -0.4 is 0 Å². The number of halogens is 1. The Bertz CT molecular complexity index is 1070. The smallest absolute Gasteiger partial charge is 0.234 e. The van der Waals surface area contributed by atoms with Gasteiger partial charge in [-0.3, -0.25) is 0 Å². The summed E-state index contributed by atoms with van der Waals surface area (Å²) in [7, 11) is -9.00. The molecule has 29 heavy (non-hydrogen) atoms. The minimum Gasteiger partial charge on any atom is -0.234 e. The monoisotopic (exact) mass is 451 g/mol. The minimum absolute atomic E-state index is 0.226. The van der Waals surface area contributed by atoms with Crippen molar-refractivity contribution in [3.63, 3.8) is 0 Å². The summed E-state index contributed by atoms with van der Waals surface area (Å²) in [6.45, 7) is -0.853. The Balaban J connectivity index is 2.00. The van der Waals surface area contributed by atoms with Crippen LogP contribution in [0.3, 0.4) is 0 Å². The van der Waals surface area contributed by atoms with Crippen LogP contribution in [-0.2, 0) is 20.0 Å². The molecule has 0 fully saturated rings. The lowest BCUT2D eigenvalue weighted by atomic mass is 10.4. The molecule has 0 N–H and O–H groups in total. The summed E-state index contributed by atoms with van der Waals surface area (Å²) in [6.07, 6.45) is 0. The zero-order chi connectivity index (χ0) is 20.9. The van der Waals surface area contributed by atoms with Gasteiger partial charge in [-0.1, -0.05) is 70.1 Å². The molecule has 3 rings (SSSR count). The minimum atomic E-state index is -4.50. The third-order valence-electron chi connectivity index (χ3n) is 3.92. The average molecular weight is 452 g/mol. The molecule has 3 aromatic carbocycles. The van der Waals surface area contributed by atoms with Gasteiger partial charge in [0, 0.05) is 4.90 Å². The fourth-order valence-corrected chi connectivity index (χ4v) is 7.25. The lowest BCUT2D eigenvalue weighted by Crippen LogP contribution is -2.40. The molecular weight excluding hydrogens is 433 g/mol. The van der Waals surface area contributed by atoms with Crippen LogP contribution in [0.15, 0.2) is 106 Å². The fourth-order valence-electron chi connectivity index (χ4n) is 2.55. The van der Waals surface area contributed by atoms with Gasteiger partial charge in [-0.15, -0.1) is 0 Å². The van der Waals surface area contributed by atoms with E-state index in [1.54, 1.807) is 42.5 Å². The molecule has 0 aromatic heterocycles. The second-order valence-electron chi connectivity index (χ2n) is 5.93. The Morgan fingerprint density at radius 3 is 1.48 bits per heavy atom. The van der Waals surface area contributed by atoms with Gasteiger partial charge in [-0.2, -0.15) is 0 Å². The Morgan fingerprint density at radius 2 is 1.07 bits per heavy atom. The third-order valence-corrected chi connectivity index (χ3v) is 9.15. The van der Waals surface area contributed by atoms with Crippen LogP contribution in [0.1, 0.15) is 0 Å². The first kappa shape index (κ1) is 21.5. The summed E-state index contributed by atoms with van der Waals surface area (Å²) < 4.78 is 67.5. The van der Waals surface area contributed by atoms with Crippen molar-refractivity contribution < 1.29 is 21.2 Å². The van der Waals surface area contributed by atoms with Crippen molar-refractivity contribution in [2.45, 2.75) is 20.2 Å². The highest BCUT2D eigenvalue weighted by Gasteiger charge is 2.38. The first-order valence-electron chi connectivity index (χ1n) is 8.55. The molecule has 0 radical (unpaired) electrons. The Kier molecular flexibility index (Phi) is 6.74. The van der Waals surface area contributed by atoms with Gasteiger partial charge in [0.25, 0.3) is 20.0 Å². The summed E-state index contributed by atoms with van der Waals surface area (Å²) in [5, 5.41) is 0. The van der Waals surface area contributed by atoms with E-state index in [4.69, 9.17) is 0 Å².